The molecule has 0 saturated heterocycles. The van der Waals surface area contributed by atoms with E-state index in [0.29, 0.717) is 6.54 Å². The third-order valence-corrected chi connectivity index (χ3v) is 4.58. The van der Waals surface area contributed by atoms with Crippen molar-refractivity contribution in [2.75, 3.05) is 45.3 Å². The topological polar surface area (TPSA) is 69.7 Å². The van der Waals surface area contributed by atoms with Crippen molar-refractivity contribution in [3.63, 3.8) is 0 Å². The number of anilines is 1. The van der Waals surface area contributed by atoms with Gasteiger partial charge in [-0.25, -0.2) is 8.42 Å². The van der Waals surface area contributed by atoms with Crippen LogP contribution in [0.5, 0.6) is 0 Å². The van der Waals surface area contributed by atoms with Gasteiger partial charge in [-0.2, -0.15) is 4.31 Å². The van der Waals surface area contributed by atoms with Crippen molar-refractivity contribution in [3.05, 3.63) is 29.3 Å². The summed E-state index contributed by atoms with van der Waals surface area (Å²) in [6, 6.07) is 5.73. The molecule has 0 fully saturated rings. The normalized spacial score (nSPS) is 12.0. The Hall–Kier alpha value is -1.44. The first kappa shape index (κ1) is 18.6. The van der Waals surface area contributed by atoms with Crippen LogP contribution in [-0.2, 0) is 14.8 Å². The summed E-state index contributed by atoms with van der Waals surface area (Å²) in [6.07, 6.45) is 1.12. The SMILES string of the molecule is Cc1cccc(C)c1NC(=O)CN(CCN(C)C)S(C)(=O)=O. The molecule has 0 unspecified atom stereocenters. The number of amides is 1. The zero-order valence-corrected chi connectivity index (χ0v) is 14.7. The molecule has 0 radical (unpaired) electrons. The molecule has 1 N–H and O–H groups in total. The van der Waals surface area contributed by atoms with Gasteiger partial charge in [0, 0.05) is 18.8 Å². The number of nitrogens with one attached hydrogen (secondary N) is 1. The van der Waals surface area contributed by atoms with Gasteiger partial charge in [0.2, 0.25) is 15.9 Å². The summed E-state index contributed by atoms with van der Waals surface area (Å²) in [5, 5.41) is 2.81. The molecule has 0 aromatic heterocycles. The molecule has 1 aromatic rings. The van der Waals surface area contributed by atoms with Gasteiger partial charge in [-0.1, -0.05) is 18.2 Å². The number of nitrogens with zero attached hydrogens (tertiary/aromatic N) is 2. The van der Waals surface area contributed by atoms with Gasteiger partial charge in [-0.15, -0.1) is 0 Å². The first-order valence-corrected chi connectivity index (χ1v) is 8.92. The molecule has 0 heterocycles. The molecule has 0 spiro atoms. The number of likely N-dealkylation sites (N-methyl/N-ethyl adjacent to an activating group) is 1. The number of sulfonamides is 1. The predicted octanol–water partition coefficient (Wildman–Crippen LogP) is 1.07. The largest absolute Gasteiger partial charge is 0.324 e. The molecule has 0 aliphatic rings. The Morgan fingerprint density at radius 1 is 1.14 bits per heavy atom. The number of rotatable bonds is 7. The number of carbonyl (C=O) groups is 1. The van der Waals surface area contributed by atoms with E-state index < -0.39 is 10.0 Å². The number of hydrogen-bond acceptors (Lipinski definition) is 4. The average Bonchev–Trinajstić information content (AvgIpc) is 2.37. The standard InChI is InChI=1S/C15H25N3O3S/c1-12-7-6-8-13(2)15(12)16-14(19)11-18(22(5,20)21)10-9-17(3)4/h6-8H,9-11H2,1-5H3,(H,16,19). The van der Waals surface area contributed by atoms with Crippen LogP contribution in [0.3, 0.4) is 0 Å². The summed E-state index contributed by atoms with van der Waals surface area (Å²) in [5.74, 6) is -0.332. The maximum absolute atomic E-state index is 12.2. The monoisotopic (exact) mass is 327 g/mol. The fraction of sp³-hybridized carbons (Fsp3) is 0.533. The van der Waals surface area contributed by atoms with E-state index >= 15 is 0 Å². The molecule has 0 saturated carbocycles. The van der Waals surface area contributed by atoms with E-state index in [1.165, 1.54) is 4.31 Å². The van der Waals surface area contributed by atoms with Gasteiger partial charge in [0.05, 0.1) is 12.8 Å². The van der Waals surface area contributed by atoms with Crippen LogP contribution < -0.4 is 5.32 Å². The molecule has 22 heavy (non-hydrogen) atoms. The first-order chi connectivity index (χ1) is 10.1. The van der Waals surface area contributed by atoms with E-state index in [2.05, 4.69) is 5.32 Å². The summed E-state index contributed by atoms with van der Waals surface area (Å²) in [6.45, 7) is 4.47. The van der Waals surface area contributed by atoms with Crippen LogP contribution in [0.25, 0.3) is 0 Å². The molecule has 0 atom stereocenters. The van der Waals surface area contributed by atoms with E-state index in [-0.39, 0.29) is 19.0 Å². The van der Waals surface area contributed by atoms with Crippen LogP contribution in [0.15, 0.2) is 18.2 Å². The van der Waals surface area contributed by atoms with Gasteiger partial charge in [0.25, 0.3) is 0 Å². The van der Waals surface area contributed by atoms with Gasteiger partial charge in [-0.3, -0.25) is 4.79 Å². The van der Waals surface area contributed by atoms with Crippen molar-refractivity contribution in [3.8, 4) is 0 Å². The highest BCUT2D eigenvalue weighted by Crippen LogP contribution is 2.19. The number of carbonyl (C=O) groups excluding carboxylic acids is 1. The van der Waals surface area contributed by atoms with Crippen molar-refractivity contribution in [1.29, 1.82) is 0 Å². The quantitative estimate of drug-likeness (QED) is 0.813. The van der Waals surface area contributed by atoms with Gasteiger partial charge in [0.1, 0.15) is 0 Å². The summed E-state index contributed by atoms with van der Waals surface area (Å²) in [4.78, 5) is 14.1. The number of benzene rings is 1. The Kier molecular flexibility index (Phi) is 6.52. The molecule has 6 nitrogen and oxygen atoms in total. The predicted molar refractivity (Wildman–Crippen MR) is 89.5 cm³/mol. The van der Waals surface area contributed by atoms with Crippen molar-refractivity contribution < 1.29 is 13.2 Å². The Morgan fingerprint density at radius 2 is 1.68 bits per heavy atom. The van der Waals surface area contributed by atoms with Gasteiger partial charge < -0.3 is 10.2 Å². The summed E-state index contributed by atoms with van der Waals surface area (Å²) >= 11 is 0. The highest BCUT2D eigenvalue weighted by molar-refractivity contribution is 7.88. The van der Waals surface area contributed by atoms with Crippen molar-refractivity contribution in [2.45, 2.75) is 13.8 Å². The second-order valence-corrected chi connectivity index (χ2v) is 7.70. The number of aryl methyl sites for hydroxylation is 2. The fourth-order valence-corrected chi connectivity index (χ4v) is 2.79. The average molecular weight is 327 g/mol. The summed E-state index contributed by atoms with van der Waals surface area (Å²) < 4.78 is 24.8. The molecule has 1 aromatic carbocycles. The Bertz CT molecular complexity index is 607. The minimum absolute atomic E-state index is 0.180. The van der Waals surface area contributed by atoms with Gasteiger partial charge in [-0.05, 0) is 39.1 Å². The van der Waals surface area contributed by atoms with Gasteiger partial charge >= 0.3 is 0 Å². The maximum atomic E-state index is 12.2. The second kappa shape index (κ2) is 7.71. The zero-order chi connectivity index (χ0) is 16.9. The number of para-hydroxylation sites is 1. The Labute approximate surface area is 133 Å². The minimum Gasteiger partial charge on any atom is -0.324 e. The van der Waals surface area contributed by atoms with E-state index in [1.54, 1.807) is 0 Å². The van der Waals surface area contributed by atoms with E-state index in [1.807, 2.05) is 51.0 Å². The Morgan fingerprint density at radius 3 is 2.14 bits per heavy atom. The third-order valence-electron chi connectivity index (χ3n) is 3.33. The van der Waals surface area contributed by atoms with Crippen molar-refractivity contribution in [2.24, 2.45) is 0 Å². The molecule has 7 heteroatoms. The van der Waals surface area contributed by atoms with Crippen molar-refractivity contribution >= 4 is 21.6 Å². The zero-order valence-electron chi connectivity index (χ0n) is 13.9. The summed E-state index contributed by atoms with van der Waals surface area (Å²) in [5.41, 5.74) is 2.65. The second-order valence-electron chi connectivity index (χ2n) is 5.71. The molecule has 1 amide bonds. The third kappa shape index (κ3) is 5.75. The van der Waals surface area contributed by atoms with Crippen LogP contribution in [-0.4, -0.2) is 63.5 Å². The molecule has 0 bridgehead atoms. The highest BCUT2D eigenvalue weighted by Gasteiger charge is 2.20. The Balaban J connectivity index is 2.79. The van der Waals surface area contributed by atoms with Crippen LogP contribution in [0, 0.1) is 13.8 Å². The van der Waals surface area contributed by atoms with E-state index in [9.17, 15) is 13.2 Å². The van der Waals surface area contributed by atoms with E-state index in [0.717, 1.165) is 23.1 Å². The lowest BCUT2D eigenvalue weighted by atomic mass is 10.1. The summed E-state index contributed by atoms with van der Waals surface area (Å²) in [7, 11) is 0.294. The molecular weight excluding hydrogens is 302 g/mol. The lowest BCUT2D eigenvalue weighted by molar-refractivity contribution is -0.116. The lowest BCUT2D eigenvalue weighted by Gasteiger charge is -2.22. The highest BCUT2D eigenvalue weighted by atomic mass is 32.2. The van der Waals surface area contributed by atoms with Gasteiger partial charge in [0.15, 0.2) is 0 Å². The molecule has 0 aliphatic heterocycles. The minimum atomic E-state index is -3.42. The number of hydrogen-bond donors (Lipinski definition) is 1. The van der Waals surface area contributed by atoms with E-state index in [4.69, 9.17) is 0 Å². The van der Waals surface area contributed by atoms with Crippen molar-refractivity contribution in [1.82, 2.24) is 9.21 Å². The first-order valence-electron chi connectivity index (χ1n) is 7.07. The van der Waals surface area contributed by atoms with Crippen LogP contribution in [0.2, 0.25) is 0 Å². The van der Waals surface area contributed by atoms with Crippen LogP contribution in [0.1, 0.15) is 11.1 Å². The molecular formula is C15H25N3O3S. The maximum Gasteiger partial charge on any atom is 0.239 e. The molecule has 1 rings (SSSR count). The molecule has 0 aliphatic carbocycles. The fourth-order valence-electron chi connectivity index (χ4n) is 2.02. The van der Waals surface area contributed by atoms with Crippen LogP contribution >= 0.6 is 0 Å². The molecule has 124 valence electrons. The van der Waals surface area contributed by atoms with Crippen LogP contribution in [0.4, 0.5) is 5.69 Å². The lowest BCUT2D eigenvalue weighted by Crippen LogP contribution is -2.41. The smallest absolute Gasteiger partial charge is 0.239 e.